The zero-order chi connectivity index (χ0) is 55.1. The normalized spacial score (nSPS) is 17.3. The van der Waals surface area contributed by atoms with E-state index in [1.807, 2.05) is 0 Å². The molecule has 0 spiro atoms. The summed E-state index contributed by atoms with van der Waals surface area (Å²) in [4.78, 5) is 50.7. The van der Waals surface area contributed by atoms with Gasteiger partial charge in [-0.1, -0.05) is 23.7 Å². The molecule has 2 aliphatic carbocycles. The van der Waals surface area contributed by atoms with Crippen LogP contribution >= 0.6 is 19.2 Å². The maximum atomic E-state index is 15.6. The molecule has 3 atom stereocenters. The van der Waals surface area contributed by atoms with Gasteiger partial charge in [0.1, 0.15) is 30.4 Å². The van der Waals surface area contributed by atoms with E-state index < -0.39 is 175 Å². The number of hydrogen-bond acceptors (Lipinski definition) is 11. The number of aromatic nitrogens is 5. The number of sulfonamides is 1. The van der Waals surface area contributed by atoms with E-state index in [0.717, 1.165) is 30.5 Å². The van der Waals surface area contributed by atoms with Crippen LogP contribution in [0.1, 0.15) is 79.0 Å². The SMILES string of the molecule is CC(C)(CCc1ccc(-c2ccc(Cl)c3c(N(C(=O)OCCCP(=O)(O)O)S(C)(=O)=O)nn(CC(F)(F)F)c23)c([C@H](Cc2cc(F)cc(F)c2)NC(=O)Cn2nc(C(F)(F)F)c3c2C(F)(F)C2C[C@H]32)n1)S(C)(=O)=O. The maximum Gasteiger partial charge on any atom is 0.435 e. The second-order valence-electron chi connectivity index (χ2n) is 18.5. The van der Waals surface area contributed by atoms with Gasteiger partial charge in [0, 0.05) is 40.6 Å². The van der Waals surface area contributed by atoms with Crippen LogP contribution in [0.2, 0.25) is 5.02 Å². The summed E-state index contributed by atoms with van der Waals surface area (Å²) in [5.74, 6) is -11.3. The van der Waals surface area contributed by atoms with E-state index in [1.54, 1.807) is 0 Å². The molecule has 1 saturated carbocycles. The molecule has 31 heteroatoms. The van der Waals surface area contributed by atoms with Crippen LogP contribution < -0.4 is 9.62 Å². The number of benzene rings is 2. The van der Waals surface area contributed by atoms with Crippen LogP contribution in [0.4, 0.5) is 54.5 Å². The van der Waals surface area contributed by atoms with Crippen molar-refractivity contribution < 1.29 is 89.4 Å². The second-order valence-corrected chi connectivity index (χ2v) is 25.2. The first kappa shape index (κ1) is 56.4. The van der Waals surface area contributed by atoms with Crippen LogP contribution in [0.25, 0.3) is 22.0 Å². The molecule has 5 aromatic rings. The molecule has 0 saturated heterocycles. The number of aryl methyl sites for hydroxylation is 1. The van der Waals surface area contributed by atoms with Crippen LogP contribution in [0, 0.1) is 17.6 Å². The molecule has 2 aromatic carbocycles. The number of rotatable bonds is 18. The number of carbonyl (C=O) groups excluding carboxylic acids is 2. The molecule has 7 rings (SSSR count). The Morgan fingerprint density at radius 2 is 1.61 bits per heavy atom. The molecule has 0 aliphatic heterocycles. The van der Waals surface area contributed by atoms with E-state index in [4.69, 9.17) is 16.3 Å². The van der Waals surface area contributed by atoms with Crippen LogP contribution in [0.5, 0.6) is 0 Å². The number of anilines is 1. The number of pyridine rings is 1. The van der Waals surface area contributed by atoms with Crippen LogP contribution in [-0.2, 0) is 72.0 Å². The van der Waals surface area contributed by atoms with Gasteiger partial charge < -0.3 is 19.8 Å². The number of sulfone groups is 1. The number of hydrogen-bond donors (Lipinski definition) is 3. The predicted molar refractivity (Wildman–Crippen MR) is 244 cm³/mol. The Morgan fingerprint density at radius 1 is 0.973 bits per heavy atom. The Morgan fingerprint density at radius 3 is 2.19 bits per heavy atom. The van der Waals surface area contributed by atoms with Gasteiger partial charge in [-0.25, -0.2) is 30.4 Å². The van der Waals surface area contributed by atoms with Gasteiger partial charge >= 0.3 is 26.0 Å². The Hall–Kier alpha value is -5.35. The Labute approximate surface area is 419 Å². The lowest BCUT2D eigenvalue weighted by Crippen LogP contribution is -2.37. The van der Waals surface area contributed by atoms with E-state index in [1.165, 1.54) is 26.0 Å². The van der Waals surface area contributed by atoms with Crippen LogP contribution in [0.3, 0.4) is 0 Å². The third kappa shape index (κ3) is 12.0. The summed E-state index contributed by atoms with van der Waals surface area (Å²) in [6.07, 6.45) is -13.5. The molecule has 0 bridgehead atoms. The van der Waals surface area contributed by atoms with Crippen molar-refractivity contribution in [3.05, 3.63) is 93.0 Å². The zero-order valence-electron chi connectivity index (χ0n) is 38.9. The minimum Gasteiger partial charge on any atom is -0.448 e. The third-order valence-electron chi connectivity index (χ3n) is 12.4. The van der Waals surface area contributed by atoms with Gasteiger partial charge in [-0.3, -0.25) is 23.7 Å². The first-order valence-corrected chi connectivity index (χ1v) is 27.8. The lowest BCUT2D eigenvalue weighted by molar-refractivity contribution is -0.143. The van der Waals surface area contributed by atoms with Gasteiger partial charge in [0.25, 0.3) is 5.92 Å². The lowest BCUT2D eigenvalue weighted by atomic mass is 9.93. The van der Waals surface area contributed by atoms with Gasteiger partial charge in [-0.05, 0) is 81.7 Å². The van der Waals surface area contributed by atoms with Crippen molar-refractivity contribution in [2.75, 3.05) is 29.6 Å². The van der Waals surface area contributed by atoms with Gasteiger partial charge in [-0.2, -0.15) is 49.6 Å². The van der Waals surface area contributed by atoms with Crippen LogP contribution in [0.15, 0.2) is 42.5 Å². The molecule has 3 aromatic heterocycles. The first-order chi connectivity index (χ1) is 33.9. The molecule has 2 amide bonds. The molecular formula is C43H43ClF10N7O10PS2. The van der Waals surface area contributed by atoms with Gasteiger partial charge in [0.2, 0.25) is 15.9 Å². The fourth-order valence-corrected chi connectivity index (χ4v) is 10.7. The van der Waals surface area contributed by atoms with Gasteiger partial charge in [0.15, 0.2) is 21.3 Å². The molecule has 3 N–H and O–H groups in total. The monoisotopic (exact) mass is 1140 g/mol. The van der Waals surface area contributed by atoms with Crippen molar-refractivity contribution in [2.45, 2.75) is 94.0 Å². The molecule has 2 aliphatic rings. The van der Waals surface area contributed by atoms with E-state index in [2.05, 4.69) is 20.5 Å². The topological polar surface area (TPSA) is 233 Å². The smallest absolute Gasteiger partial charge is 0.435 e. The van der Waals surface area contributed by atoms with Crippen molar-refractivity contribution in [3.63, 3.8) is 0 Å². The summed E-state index contributed by atoms with van der Waals surface area (Å²) < 4.78 is 214. The highest BCUT2D eigenvalue weighted by Gasteiger charge is 2.68. The average Bonchev–Trinajstić information content (AvgIpc) is 3.75. The molecule has 17 nitrogen and oxygen atoms in total. The number of amides is 2. The standard InChI is InChI=1S/C43H43ClF10N7O10PS2/c1-40(2,73(3,67)68)11-10-24-6-7-25(26-8-9-29(44)33-35(26)60(20-41(47,48)49)58-38(33)61(74(4,69)70)39(63)71-12-5-13-72(64,65)66)34(55-24)30(16-21-14-22(45)17-23(46)15-21)56-31(62)19-59-37-32(36(57-59)43(52,53)54)27-18-28(27)42(37,50)51/h6-9,14-15,17,27-28,30H,5,10-13,16,18-20H2,1-4H3,(H,56,62)(H2,64,65,66)/t27-,28?,30-/m0/s1. The van der Waals surface area contributed by atoms with Crippen molar-refractivity contribution in [3.8, 4) is 11.1 Å². The number of nitrogens with one attached hydrogen (secondary N) is 1. The van der Waals surface area contributed by atoms with Gasteiger partial charge in [-0.15, -0.1) is 0 Å². The number of halogens is 11. The Bertz CT molecular complexity index is 3330. The minimum absolute atomic E-state index is 0.0168. The molecule has 1 unspecified atom stereocenters. The predicted octanol–water partition coefficient (Wildman–Crippen LogP) is 8.34. The fraction of sp³-hybridized carbons (Fsp3) is 0.465. The molecule has 3 heterocycles. The second kappa shape index (κ2) is 19.7. The van der Waals surface area contributed by atoms with Crippen molar-refractivity contribution in [2.24, 2.45) is 5.92 Å². The molecule has 0 radical (unpaired) electrons. The number of nitrogens with zero attached hydrogens (tertiary/aromatic N) is 6. The molecule has 404 valence electrons. The van der Waals surface area contributed by atoms with Crippen molar-refractivity contribution in [1.29, 1.82) is 0 Å². The Balaban J connectivity index is 1.44. The summed E-state index contributed by atoms with van der Waals surface area (Å²) >= 11 is 6.60. The number of alkyl halides is 8. The van der Waals surface area contributed by atoms with Crippen molar-refractivity contribution in [1.82, 2.24) is 29.9 Å². The summed E-state index contributed by atoms with van der Waals surface area (Å²) in [5.41, 5.74) is -5.61. The van der Waals surface area contributed by atoms with E-state index in [9.17, 15) is 75.9 Å². The largest absolute Gasteiger partial charge is 0.448 e. The summed E-state index contributed by atoms with van der Waals surface area (Å²) in [7, 11) is -13.3. The van der Waals surface area contributed by atoms with E-state index in [0.29, 0.717) is 12.3 Å². The highest BCUT2D eigenvalue weighted by Crippen LogP contribution is 2.68. The maximum absolute atomic E-state index is 15.6. The average molecular weight is 1140 g/mol. The molecular weight excluding hydrogens is 1100 g/mol. The van der Waals surface area contributed by atoms with Gasteiger partial charge in [0.05, 0.1) is 51.4 Å². The lowest BCUT2D eigenvalue weighted by Gasteiger charge is -2.25. The highest BCUT2D eigenvalue weighted by atomic mass is 35.5. The highest BCUT2D eigenvalue weighted by molar-refractivity contribution is 7.92. The summed E-state index contributed by atoms with van der Waals surface area (Å²) in [5, 5.41) is 8.45. The number of ether oxygens (including phenoxy) is 1. The first-order valence-electron chi connectivity index (χ1n) is 21.9. The molecule has 74 heavy (non-hydrogen) atoms. The van der Waals surface area contributed by atoms with E-state index in [-0.39, 0.29) is 55.3 Å². The van der Waals surface area contributed by atoms with E-state index >= 15 is 8.78 Å². The summed E-state index contributed by atoms with van der Waals surface area (Å²) in [6, 6.07) is 4.91. The minimum atomic E-state index is -5.23. The zero-order valence-corrected chi connectivity index (χ0v) is 42.2. The third-order valence-corrected chi connectivity index (χ3v) is 16.9. The number of fused-ring (bicyclic) bond motifs is 4. The quantitative estimate of drug-likeness (QED) is 0.0426. The number of carbonyl (C=O) groups is 2. The summed E-state index contributed by atoms with van der Waals surface area (Å²) in [6.45, 7) is -1.37. The molecule has 1 fully saturated rings. The van der Waals surface area contributed by atoms with Crippen LogP contribution in [-0.4, -0.2) is 99.4 Å². The fourth-order valence-electron chi connectivity index (χ4n) is 8.69. The Kier molecular flexibility index (Phi) is 15.0. The van der Waals surface area contributed by atoms with Crippen molar-refractivity contribution >= 4 is 67.8 Å².